The SMILES string of the molecule is COc1cccc(NC(=O)NC2CCN(C(=O)c3cccn3C)C2C(=O)NCCCC(N)=O)c1. The summed E-state index contributed by atoms with van der Waals surface area (Å²) in [7, 11) is 3.28. The number of hydrogen-bond acceptors (Lipinski definition) is 5. The Hall–Kier alpha value is -4.02. The van der Waals surface area contributed by atoms with Crippen molar-refractivity contribution in [1.29, 1.82) is 0 Å². The van der Waals surface area contributed by atoms with Crippen molar-refractivity contribution in [1.82, 2.24) is 20.1 Å². The molecule has 11 heteroatoms. The Labute approximate surface area is 197 Å². The zero-order valence-electron chi connectivity index (χ0n) is 19.2. The number of rotatable bonds is 9. The summed E-state index contributed by atoms with van der Waals surface area (Å²) >= 11 is 0. The largest absolute Gasteiger partial charge is 0.497 e. The van der Waals surface area contributed by atoms with Gasteiger partial charge in [-0.05, 0) is 37.1 Å². The highest BCUT2D eigenvalue weighted by atomic mass is 16.5. The molecular formula is C23H30N6O5. The van der Waals surface area contributed by atoms with Gasteiger partial charge in [0, 0.05) is 44.5 Å². The van der Waals surface area contributed by atoms with Crippen LogP contribution >= 0.6 is 0 Å². The zero-order chi connectivity index (χ0) is 24.7. The molecule has 2 unspecified atom stereocenters. The number of likely N-dealkylation sites (tertiary alicyclic amines) is 1. The third-order valence-corrected chi connectivity index (χ3v) is 5.63. The summed E-state index contributed by atoms with van der Waals surface area (Å²) in [5.74, 6) is -0.575. The number of nitrogens with one attached hydrogen (secondary N) is 3. The lowest BCUT2D eigenvalue weighted by molar-refractivity contribution is -0.125. The highest BCUT2D eigenvalue weighted by molar-refractivity contribution is 5.98. The van der Waals surface area contributed by atoms with E-state index in [9.17, 15) is 19.2 Å². The number of amides is 5. The number of primary amides is 1. The minimum Gasteiger partial charge on any atom is -0.497 e. The third-order valence-electron chi connectivity index (χ3n) is 5.63. The van der Waals surface area contributed by atoms with Crippen LogP contribution in [-0.2, 0) is 16.6 Å². The maximum atomic E-state index is 13.2. The van der Waals surface area contributed by atoms with Gasteiger partial charge in [-0.2, -0.15) is 0 Å². The van der Waals surface area contributed by atoms with Crippen LogP contribution in [0, 0.1) is 0 Å². The topological polar surface area (TPSA) is 148 Å². The molecule has 34 heavy (non-hydrogen) atoms. The fourth-order valence-corrected chi connectivity index (χ4v) is 3.94. The highest BCUT2D eigenvalue weighted by Gasteiger charge is 2.43. The number of anilines is 1. The molecule has 11 nitrogen and oxygen atoms in total. The van der Waals surface area contributed by atoms with Crippen LogP contribution in [0.4, 0.5) is 10.5 Å². The summed E-state index contributed by atoms with van der Waals surface area (Å²) in [6, 6.07) is 8.29. The molecule has 1 aromatic heterocycles. The number of benzene rings is 1. The number of ether oxygens (including phenoxy) is 1. The molecule has 5 N–H and O–H groups in total. The van der Waals surface area contributed by atoms with Crippen molar-refractivity contribution in [2.24, 2.45) is 12.8 Å². The van der Waals surface area contributed by atoms with E-state index in [1.807, 2.05) is 0 Å². The summed E-state index contributed by atoms with van der Waals surface area (Å²) < 4.78 is 6.85. The molecule has 0 bridgehead atoms. The summed E-state index contributed by atoms with van der Waals surface area (Å²) in [6.45, 7) is 0.528. The van der Waals surface area contributed by atoms with Gasteiger partial charge in [0.2, 0.25) is 11.8 Å². The summed E-state index contributed by atoms with van der Waals surface area (Å²) in [5, 5.41) is 8.31. The van der Waals surface area contributed by atoms with Gasteiger partial charge in [0.05, 0.1) is 13.2 Å². The number of carbonyl (C=O) groups excluding carboxylic acids is 4. The Morgan fingerprint density at radius 2 is 1.97 bits per heavy atom. The number of methoxy groups -OCH3 is 1. The van der Waals surface area contributed by atoms with E-state index in [-0.39, 0.29) is 18.9 Å². The molecule has 1 fully saturated rings. The lowest BCUT2D eigenvalue weighted by atomic mass is 10.1. The predicted octanol–water partition coefficient (Wildman–Crippen LogP) is 0.820. The van der Waals surface area contributed by atoms with E-state index < -0.39 is 29.9 Å². The predicted molar refractivity (Wildman–Crippen MR) is 125 cm³/mol. The highest BCUT2D eigenvalue weighted by Crippen LogP contribution is 2.22. The Bertz CT molecular complexity index is 1050. The Morgan fingerprint density at radius 3 is 2.65 bits per heavy atom. The van der Waals surface area contributed by atoms with Gasteiger partial charge in [0.25, 0.3) is 5.91 Å². The van der Waals surface area contributed by atoms with Crippen molar-refractivity contribution in [3.05, 3.63) is 48.3 Å². The van der Waals surface area contributed by atoms with Gasteiger partial charge < -0.3 is 35.9 Å². The third kappa shape index (κ3) is 6.06. The molecule has 0 radical (unpaired) electrons. The molecule has 2 heterocycles. The fourth-order valence-electron chi connectivity index (χ4n) is 3.94. The summed E-state index contributed by atoms with van der Waals surface area (Å²) in [6.07, 6.45) is 2.68. The van der Waals surface area contributed by atoms with Gasteiger partial charge in [0.1, 0.15) is 17.5 Å². The second kappa shape index (κ2) is 11.2. The van der Waals surface area contributed by atoms with Crippen LogP contribution in [0.25, 0.3) is 0 Å². The first-order valence-corrected chi connectivity index (χ1v) is 11.0. The maximum absolute atomic E-state index is 13.2. The van der Waals surface area contributed by atoms with E-state index in [1.54, 1.807) is 54.2 Å². The quantitative estimate of drug-likeness (QED) is 0.401. The Morgan fingerprint density at radius 1 is 1.18 bits per heavy atom. The average Bonchev–Trinajstić information content (AvgIpc) is 3.42. The Kier molecular flexibility index (Phi) is 8.12. The minimum absolute atomic E-state index is 0.140. The number of nitrogens with two attached hydrogens (primary N) is 1. The maximum Gasteiger partial charge on any atom is 0.319 e. The van der Waals surface area contributed by atoms with Crippen molar-refractivity contribution >= 4 is 29.4 Å². The fraction of sp³-hybridized carbons (Fsp3) is 0.391. The van der Waals surface area contributed by atoms with Crippen molar-refractivity contribution in [2.75, 3.05) is 25.5 Å². The standard InChI is InChI=1S/C23H30N6O5/c1-28-12-5-8-18(28)22(32)29-13-10-17(20(29)21(31)25-11-4-9-19(24)30)27-23(33)26-15-6-3-7-16(14-15)34-2/h3,5-8,12,14,17,20H,4,9-11,13H2,1-2H3,(H2,24,30)(H,25,31)(H2,26,27,33). The van der Waals surface area contributed by atoms with Gasteiger partial charge in [-0.1, -0.05) is 6.07 Å². The number of nitrogens with zero attached hydrogens (tertiary/aromatic N) is 2. The van der Waals surface area contributed by atoms with Gasteiger partial charge >= 0.3 is 6.03 Å². The van der Waals surface area contributed by atoms with Crippen LogP contribution in [0.1, 0.15) is 29.8 Å². The molecular weight excluding hydrogens is 440 g/mol. The molecule has 1 aliphatic heterocycles. The molecule has 5 amide bonds. The normalized spacial score (nSPS) is 17.2. The molecule has 1 aliphatic rings. The molecule has 2 aromatic rings. The van der Waals surface area contributed by atoms with E-state index in [4.69, 9.17) is 10.5 Å². The second-order valence-corrected chi connectivity index (χ2v) is 8.03. The van der Waals surface area contributed by atoms with Gasteiger partial charge in [-0.25, -0.2) is 4.79 Å². The van der Waals surface area contributed by atoms with E-state index in [2.05, 4.69) is 16.0 Å². The number of aromatic nitrogens is 1. The Balaban J connectivity index is 1.72. The van der Waals surface area contributed by atoms with Crippen LogP contribution in [0.15, 0.2) is 42.6 Å². The van der Waals surface area contributed by atoms with E-state index in [0.717, 1.165) is 0 Å². The number of aryl methyl sites for hydroxylation is 1. The van der Waals surface area contributed by atoms with Crippen LogP contribution in [0.3, 0.4) is 0 Å². The van der Waals surface area contributed by atoms with Crippen molar-refractivity contribution < 1.29 is 23.9 Å². The smallest absolute Gasteiger partial charge is 0.319 e. The van der Waals surface area contributed by atoms with Gasteiger partial charge in [-0.15, -0.1) is 0 Å². The number of hydrogen-bond donors (Lipinski definition) is 4. The van der Waals surface area contributed by atoms with Crippen LogP contribution in [0.2, 0.25) is 0 Å². The van der Waals surface area contributed by atoms with Crippen molar-refractivity contribution in [3.8, 4) is 5.75 Å². The van der Waals surface area contributed by atoms with E-state index in [0.29, 0.717) is 36.5 Å². The first-order chi connectivity index (χ1) is 16.3. The second-order valence-electron chi connectivity index (χ2n) is 8.03. The lowest BCUT2D eigenvalue weighted by Crippen LogP contribution is -2.55. The molecule has 0 spiro atoms. The lowest BCUT2D eigenvalue weighted by Gasteiger charge is -2.28. The van der Waals surface area contributed by atoms with Crippen molar-refractivity contribution in [2.45, 2.75) is 31.3 Å². The van der Waals surface area contributed by atoms with Crippen LogP contribution in [0.5, 0.6) is 5.75 Å². The van der Waals surface area contributed by atoms with Gasteiger partial charge in [0.15, 0.2) is 0 Å². The number of urea groups is 1. The van der Waals surface area contributed by atoms with Crippen LogP contribution < -0.4 is 26.4 Å². The number of carbonyl (C=O) groups is 4. The molecule has 1 saturated heterocycles. The average molecular weight is 471 g/mol. The molecule has 3 rings (SSSR count). The van der Waals surface area contributed by atoms with E-state index >= 15 is 0 Å². The monoisotopic (exact) mass is 470 g/mol. The molecule has 1 aromatic carbocycles. The first kappa shape index (κ1) is 24.6. The van der Waals surface area contributed by atoms with E-state index in [1.165, 1.54) is 12.0 Å². The first-order valence-electron chi connectivity index (χ1n) is 11.0. The molecule has 182 valence electrons. The molecule has 0 saturated carbocycles. The zero-order valence-corrected chi connectivity index (χ0v) is 19.2. The van der Waals surface area contributed by atoms with Crippen LogP contribution in [-0.4, -0.2) is 65.5 Å². The van der Waals surface area contributed by atoms with Crippen molar-refractivity contribution in [3.63, 3.8) is 0 Å². The summed E-state index contributed by atoms with van der Waals surface area (Å²) in [4.78, 5) is 51.4. The molecule has 0 aliphatic carbocycles. The molecule has 2 atom stereocenters. The minimum atomic E-state index is -0.910. The van der Waals surface area contributed by atoms with Gasteiger partial charge in [-0.3, -0.25) is 14.4 Å². The summed E-state index contributed by atoms with van der Waals surface area (Å²) in [5.41, 5.74) is 6.12.